The molecule has 0 amide bonds. The summed E-state index contributed by atoms with van der Waals surface area (Å²) in [6.45, 7) is 5.09. The zero-order valence-electron chi connectivity index (χ0n) is 12.6. The first-order valence-electron chi connectivity index (χ1n) is 6.97. The fourth-order valence-corrected chi connectivity index (χ4v) is 4.14. The molecule has 0 aliphatic carbocycles. The van der Waals surface area contributed by atoms with Crippen LogP contribution in [0.5, 0.6) is 0 Å². The predicted octanol–water partition coefficient (Wildman–Crippen LogP) is 0.917. The highest BCUT2D eigenvalue weighted by molar-refractivity contribution is 7.89. The molecule has 1 unspecified atom stereocenters. The highest BCUT2D eigenvalue weighted by Crippen LogP contribution is 2.23. The Kier molecular flexibility index (Phi) is 4.67. The van der Waals surface area contributed by atoms with Crippen molar-refractivity contribution in [1.82, 2.24) is 9.21 Å². The Morgan fingerprint density at radius 2 is 2.05 bits per heavy atom. The Morgan fingerprint density at radius 1 is 1.38 bits per heavy atom. The van der Waals surface area contributed by atoms with E-state index in [4.69, 9.17) is 5.73 Å². The number of rotatable bonds is 3. The Balaban J connectivity index is 2.38. The van der Waals surface area contributed by atoms with Crippen LogP contribution in [0.1, 0.15) is 18.1 Å². The summed E-state index contributed by atoms with van der Waals surface area (Å²) >= 11 is 0. The lowest BCUT2D eigenvalue weighted by molar-refractivity contribution is 0.159. The molecule has 0 saturated carbocycles. The van der Waals surface area contributed by atoms with Crippen LogP contribution < -0.4 is 5.73 Å². The van der Waals surface area contributed by atoms with Crippen molar-refractivity contribution in [3.05, 3.63) is 29.1 Å². The van der Waals surface area contributed by atoms with Gasteiger partial charge >= 0.3 is 0 Å². The Labute approximate surface area is 125 Å². The minimum absolute atomic E-state index is 0.0187. The van der Waals surface area contributed by atoms with Gasteiger partial charge in [-0.15, -0.1) is 0 Å². The lowest BCUT2D eigenvalue weighted by Crippen LogP contribution is -2.51. The third-order valence-electron chi connectivity index (χ3n) is 4.08. The highest BCUT2D eigenvalue weighted by atomic mass is 32.2. The van der Waals surface area contributed by atoms with Gasteiger partial charge in [-0.05, 0) is 38.6 Å². The van der Waals surface area contributed by atoms with Gasteiger partial charge in [0.2, 0.25) is 10.0 Å². The number of benzene rings is 1. The van der Waals surface area contributed by atoms with Crippen LogP contribution in [0.4, 0.5) is 4.39 Å². The normalized spacial score (nSPS) is 21.7. The van der Waals surface area contributed by atoms with Gasteiger partial charge in [0, 0.05) is 37.8 Å². The number of sulfonamides is 1. The quantitative estimate of drug-likeness (QED) is 0.901. The molecule has 1 heterocycles. The van der Waals surface area contributed by atoms with Crippen LogP contribution in [0.2, 0.25) is 0 Å². The maximum Gasteiger partial charge on any atom is 0.243 e. The van der Waals surface area contributed by atoms with Gasteiger partial charge in [0.15, 0.2) is 0 Å². The molecule has 2 rings (SSSR count). The lowest BCUT2D eigenvalue weighted by atomic mass is 10.1. The maximum atomic E-state index is 13.8. The van der Waals surface area contributed by atoms with Crippen molar-refractivity contribution in [2.75, 3.05) is 26.7 Å². The van der Waals surface area contributed by atoms with Gasteiger partial charge in [-0.25, -0.2) is 12.8 Å². The van der Waals surface area contributed by atoms with E-state index in [1.165, 1.54) is 16.4 Å². The van der Waals surface area contributed by atoms with Gasteiger partial charge in [-0.3, -0.25) is 0 Å². The van der Waals surface area contributed by atoms with E-state index in [0.717, 1.165) is 0 Å². The Morgan fingerprint density at radius 3 is 2.62 bits per heavy atom. The second kappa shape index (κ2) is 6.00. The molecule has 5 nitrogen and oxygen atoms in total. The fraction of sp³-hybridized carbons (Fsp3) is 0.571. The van der Waals surface area contributed by atoms with Gasteiger partial charge in [0.25, 0.3) is 0 Å². The summed E-state index contributed by atoms with van der Waals surface area (Å²) in [5.41, 5.74) is 6.03. The molecule has 1 saturated heterocycles. The molecule has 0 radical (unpaired) electrons. The zero-order valence-corrected chi connectivity index (χ0v) is 13.5. The second-order valence-corrected chi connectivity index (χ2v) is 7.55. The molecule has 1 aliphatic heterocycles. The summed E-state index contributed by atoms with van der Waals surface area (Å²) < 4.78 is 40.7. The summed E-state index contributed by atoms with van der Waals surface area (Å²) in [6, 6.07) is 2.89. The molecule has 21 heavy (non-hydrogen) atoms. The average molecular weight is 315 g/mol. The van der Waals surface area contributed by atoms with Crippen LogP contribution in [0, 0.1) is 12.7 Å². The summed E-state index contributed by atoms with van der Waals surface area (Å²) in [7, 11) is -1.63. The van der Waals surface area contributed by atoms with E-state index in [1.807, 2.05) is 14.0 Å². The van der Waals surface area contributed by atoms with E-state index < -0.39 is 15.8 Å². The molecule has 1 aromatic carbocycles. The van der Waals surface area contributed by atoms with Crippen LogP contribution in [0.15, 0.2) is 17.0 Å². The smallest absolute Gasteiger partial charge is 0.243 e. The van der Waals surface area contributed by atoms with E-state index in [1.54, 1.807) is 6.92 Å². The van der Waals surface area contributed by atoms with Crippen LogP contribution in [-0.2, 0) is 16.6 Å². The molecule has 1 fully saturated rings. The lowest BCUT2D eigenvalue weighted by Gasteiger charge is -2.36. The third-order valence-corrected chi connectivity index (χ3v) is 5.93. The molecule has 1 aromatic rings. The number of hydrogen-bond donors (Lipinski definition) is 1. The minimum atomic E-state index is -3.61. The molecule has 0 aromatic heterocycles. The van der Waals surface area contributed by atoms with Crippen molar-refractivity contribution in [3.63, 3.8) is 0 Å². The second-order valence-electron chi connectivity index (χ2n) is 5.61. The summed E-state index contributed by atoms with van der Waals surface area (Å²) in [5.74, 6) is -0.428. The average Bonchev–Trinajstić information content (AvgIpc) is 2.44. The number of nitrogens with two attached hydrogens (primary N) is 1. The first-order chi connectivity index (χ1) is 9.77. The molecule has 7 heteroatoms. The monoisotopic (exact) mass is 315 g/mol. The van der Waals surface area contributed by atoms with Crippen molar-refractivity contribution >= 4 is 10.0 Å². The largest absolute Gasteiger partial charge is 0.326 e. The molecule has 1 atom stereocenters. The van der Waals surface area contributed by atoms with Crippen molar-refractivity contribution in [2.24, 2.45) is 5.73 Å². The number of aryl methyl sites for hydroxylation is 1. The van der Waals surface area contributed by atoms with E-state index >= 15 is 0 Å². The molecular formula is C14H22FN3O2S. The first-order valence-corrected chi connectivity index (χ1v) is 8.41. The highest BCUT2D eigenvalue weighted by Gasteiger charge is 2.31. The number of likely N-dealkylation sites (N-methyl/N-ethyl adjacent to an activating group) is 1. The SMILES string of the molecule is Cc1cc(S(=O)(=O)N2CCN(C)C(C)C2)cc(CN)c1F. The van der Waals surface area contributed by atoms with Crippen molar-refractivity contribution in [2.45, 2.75) is 31.3 Å². The maximum absolute atomic E-state index is 13.8. The zero-order chi connectivity index (χ0) is 15.8. The molecule has 2 N–H and O–H groups in total. The van der Waals surface area contributed by atoms with Gasteiger partial charge < -0.3 is 10.6 Å². The number of hydrogen-bond acceptors (Lipinski definition) is 4. The van der Waals surface area contributed by atoms with Crippen molar-refractivity contribution in [3.8, 4) is 0 Å². The summed E-state index contributed by atoms with van der Waals surface area (Å²) in [5, 5.41) is 0. The Hall–Kier alpha value is -1.02. The van der Waals surface area contributed by atoms with E-state index in [0.29, 0.717) is 25.2 Å². The predicted molar refractivity (Wildman–Crippen MR) is 79.9 cm³/mol. The topological polar surface area (TPSA) is 66.6 Å². The van der Waals surface area contributed by atoms with E-state index in [2.05, 4.69) is 4.90 Å². The number of halogens is 1. The summed E-state index contributed by atoms with van der Waals surface area (Å²) in [4.78, 5) is 2.24. The third kappa shape index (κ3) is 3.11. The van der Waals surface area contributed by atoms with E-state index in [-0.39, 0.29) is 23.0 Å². The molecule has 0 bridgehead atoms. The van der Waals surface area contributed by atoms with Crippen molar-refractivity contribution < 1.29 is 12.8 Å². The Bertz CT molecular complexity index is 633. The number of nitrogens with zero attached hydrogens (tertiary/aromatic N) is 2. The number of piperazine rings is 1. The standard InChI is InChI=1S/C14H22FN3O2S/c1-10-6-13(7-12(8-16)14(10)15)21(19,20)18-5-4-17(3)11(2)9-18/h6-7,11H,4-5,8-9,16H2,1-3H3. The summed E-state index contributed by atoms with van der Waals surface area (Å²) in [6.07, 6.45) is 0. The molecule has 118 valence electrons. The first kappa shape index (κ1) is 16.4. The van der Waals surface area contributed by atoms with Crippen LogP contribution in [0.3, 0.4) is 0 Å². The van der Waals surface area contributed by atoms with Crippen LogP contribution in [0.25, 0.3) is 0 Å². The van der Waals surface area contributed by atoms with Crippen LogP contribution >= 0.6 is 0 Å². The fourth-order valence-electron chi connectivity index (χ4n) is 2.49. The van der Waals surface area contributed by atoms with Crippen LogP contribution in [-0.4, -0.2) is 50.3 Å². The van der Waals surface area contributed by atoms with Gasteiger partial charge in [0.05, 0.1) is 4.90 Å². The van der Waals surface area contributed by atoms with Gasteiger partial charge in [-0.2, -0.15) is 4.31 Å². The molecule has 0 spiro atoms. The van der Waals surface area contributed by atoms with Gasteiger partial charge in [0.1, 0.15) is 5.82 Å². The van der Waals surface area contributed by atoms with Gasteiger partial charge in [-0.1, -0.05) is 0 Å². The van der Waals surface area contributed by atoms with Crippen molar-refractivity contribution in [1.29, 1.82) is 0 Å². The molecule has 1 aliphatic rings. The minimum Gasteiger partial charge on any atom is -0.326 e. The molecular weight excluding hydrogens is 293 g/mol. The van der Waals surface area contributed by atoms with E-state index in [9.17, 15) is 12.8 Å².